The third-order valence-electron chi connectivity index (χ3n) is 4.05. The van der Waals surface area contributed by atoms with E-state index in [1.807, 2.05) is 24.3 Å². The lowest BCUT2D eigenvalue weighted by Gasteiger charge is -2.14. The first-order valence-electron chi connectivity index (χ1n) is 7.47. The van der Waals surface area contributed by atoms with E-state index in [2.05, 4.69) is 30.5 Å². The van der Waals surface area contributed by atoms with Gasteiger partial charge in [-0.15, -0.1) is 0 Å². The van der Waals surface area contributed by atoms with Crippen molar-refractivity contribution in [2.75, 3.05) is 7.11 Å². The molecule has 3 aromatic rings. The molecule has 0 aliphatic rings. The first-order chi connectivity index (χ1) is 10.5. The van der Waals surface area contributed by atoms with Crippen molar-refractivity contribution in [2.24, 2.45) is 0 Å². The fourth-order valence-electron chi connectivity index (χ4n) is 2.88. The third-order valence-corrected chi connectivity index (χ3v) is 4.05. The molecule has 3 heteroatoms. The molecule has 114 valence electrons. The van der Waals surface area contributed by atoms with Crippen LogP contribution in [-0.4, -0.2) is 11.7 Å². The maximum absolute atomic E-state index is 13.6. The summed E-state index contributed by atoms with van der Waals surface area (Å²) >= 11 is 0. The maximum Gasteiger partial charge on any atom is 0.128 e. The molecule has 0 saturated carbocycles. The van der Waals surface area contributed by atoms with Crippen LogP contribution in [0.4, 0.5) is 4.39 Å². The number of methoxy groups -OCH3 is 1. The number of rotatable bonds is 3. The number of benzene rings is 2. The number of ether oxygens (including phenoxy) is 1. The zero-order valence-electron chi connectivity index (χ0n) is 13.4. The van der Waals surface area contributed by atoms with Gasteiger partial charge in [-0.05, 0) is 54.8 Å². The molecule has 0 amide bonds. The Morgan fingerprint density at radius 3 is 2.50 bits per heavy atom. The number of hydrogen-bond donors (Lipinski definition) is 0. The van der Waals surface area contributed by atoms with E-state index in [-0.39, 0.29) is 5.82 Å². The average Bonchev–Trinajstić information content (AvgIpc) is 2.89. The Morgan fingerprint density at radius 1 is 1.09 bits per heavy atom. The predicted octanol–water partition coefficient (Wildman–Crippen LogP) is 5.21. The molecule has 0 radical (unpaired) electrons. The highest BCUT2D eigenvalue weighted by atomic mass is 19.1. The lowest BCUT2D eigenvalue weighted by Crippen LogP contribution is -2.02. The van der Waals surface area contributed by atoms with Gasteiger partial charge in [-0.1, -0.05) is 19.9 Å². The van der Waals surface area contributed by atoms with Crippen LogP contribution in [0, 0.1) is 12.7 Å². The van der Waals surface area contributed by atoms with Crippen LogP contribution in [0.15, 0.2) is 42.5 Å². The topological polar surface area (TPSA) is 14.2 Å². The molecule has 0 unspecified atom stereocenters. The molecule has 3 rings (SSSR count). The minimum Gasteiger partial charge on any atom is -0.496 e. The molecule has 0 bridgehead atoms. The molecular formula is C19H20FNO. The van der Waals surface area contributed by atoms with Gasteiger partial charge in [0.2, 0.25) is 0 Å². The van der Waals surface area contributed by atoms with Crippen LogP contribution < -0.4 is 4.74 Å². The van der Waals surface area contributed by atoms with E-state index in [9.17, 15) is 4.39 Å². The van der Waals surface area contributed by atoms with E-state index in [1.54, 1.807) is 14.0 Å². The van der Waals surface area contributed by atoms with E-state index >= 15 is 0 Å². The second-order valence-corrected chi connectivity index (χ2v) is 5.89. The van der Waals surface area contributed by atoms with Crippen molar-refractivity contribution >= 4 is 10.9 Å². The minimum absolute atomic E-state index is 0.177. The van der Waals surface area contributed by atoms with E-state index in [4.69, 9.17) is 4.74 Å². The maximum atomic E-state index is 13.6. The number of halogens is 1. The standard InChI is InChI=1S/C19H20FNO/c1-12(2)18-11-15-17(6-5-7-19(15)22-4)21(18)14-8-9-16(20)13(3)10-14/h5-12H,1-4H3. The number of aromatic nitrogens is 1. The smallest absolute Gasteiger partial charge is 0.128 e. The van der Waals surface area contributed by atoms with Crippen LogP contribution in [0.2, 0.25) is 0 Å². The minimum atomic E-state index is -0.177. The number of nitrogens with zero attached hydrogens (tertiary/aromatic N) is 1. The first-order valence-corrected chi connectivity index (χ1v) is 7.47. The quantitative estimate of drug-likeness (QED) is 0.647. The molecular weight excluding hydrogens is 277 g/mol. The normalized spacial score (nSPS) is 11.4. The summed E-state index contributed by atoms with van der Waals surface area (Å²) in [5.41, 5.74) is 3.89. The van der Waals surface area contributed by atoms with E-state index < -0.39 is 0 Å². The second kappa shape index (κ2) is 5.48. The van der Waals surface area contributed by atoms with Gasteiger partial charge >= 0.3 is 0 Å². The Labute approximate surface area is 130 Å². The molecule has 0 N–H and O–H groups in total. The van der Waals surface area contributed by atoms with Gasteiger partial charge in [-0.2, -0.15) is 0 Å². The lowest BCUT2D eigenvalue weighted by atomic mass is 10.1. The van der Waals surface area contributed by atoms with Crippen LogP contribution in [-0.2, 0) is 0 Å². The van der Waals surface area contributed by atoms with Gasteiger partial charge in [0.1, 0.15) is 11.6 Å². The third kappa shape index (κ3) is 2.27. The molecule has 0 spiro atoms. The van der Waals surface area contributed by atoms with Crippen LogP contribution >= 0.6 is 0 Å². The Balaban J connectivity index is 2.35. The lowest BCUT2D eigenvalue weighted by molar-refractivity contribution is 0.420. The fourth-order valence-corrected chi connectivity index (χ4v) is 2.88. The number of aryl methyl sites for hydroxylation is 1. The van der Waals surface area contributed by atoms with Crippen LogP contribution in [0.1, 0.15) is 31.0 Å². The molecule has 0 aliphatic heterocycles. The van der Waals surface area contributed by atoms with Crippen molar-refractivity contribution < 1.29 is 9.13 Å². The molecule has 0 saturated heterocycles. The van der Waals surface area contributed by atoms with Gasteiger partial charge in [-0.25, -0.2) is 4.39 Å². The van der Waals surface area contributed by atoms with E-state index in [0.29, 0.717) is 11.5 Å². The van der Waals surface area contributed by atoms with Crippen molar-refractivity contribution in [3.05, 3.63) is 59.5 Å². The SMILES string of the molecule is COc1cccc2c1cc(C(C)C)n2-c1ccc(F)c(C)c1. The first kappa shape index (κ1) is 14.6. The van der Waals surface area contributed by atoms with Crippen molar-refractivity contribution in [3.63, 3.8) is 0 Å². The average molecular weight is 297 g/mol. The van der Waals surface area contributed by atoms with Crippen LogP contribution in [0.25, 0.3) is 16.6 Å². The monoisotopic (exact) mass is 297 g/mol. The molecule has 1 heterocycles. The van der Waals surface area contributed by atoms with Gasteiger partial charge in [0.25, 0.3) is 0 Å². The second-order valence-electron chi connectivity index (χ2n) is 5.89. The van der Waals surface area contributed by atoms with Gasteiger partial charge in [0.15, 0.2) is 0 Å². The largest absolute Gasteiger partial charge is 0.496 e. The highest BCUT2D eigenvalue weighted by molar-refractivity contribution is 5.89. The number of fused-ring (bicyclic) bond motifs is 1. The molecule has 0 atom stereocenters. The van der Waals surface area contributed by atoms with Gasteiger partial charge < -0.3 is 9.30 Å². The molecule has 0 fully saturated rings. The summed E-state index contributed by atoms with van der Waals surface area (Å²) in [7, 11) is 1.68. The fraction of sp³-hybridized carbons (Fsp3) is 0.263. The summed E-state index contributed by atoms with van der Waals surface area (Å²) < 4.78 is 21.3. The van der Waals surface area contributed by atoms with Crippen molar-refractivity contribution in [1.82, 2.24) is 4.57 Å². The highest BCUT2D eigenvalue weighted by Crippen LogP contribution is 2.34. The van der Waals surface area contributed by atoms with Crippen molar-refractivity contribution in [1.29, 1.82) is 0 Å². The van der Waals surface area contributed by atoms with Crippen LogP contribution in [0.5, 0.6) is 5.75 Å². The van der Waals surface area contributed by atoms with Crippen molar-refractivity contribution in [3.8, 4) is 11.4 Å². The molecule has 22 heavy (non-hydrogen) atoms. The molecule has 1 aromatic heterocycles. The van der Waals surface area contributed by atoms with Crippen molar-refractivity contribution in [2.45, 2.75) is 26.7 Å². The van der Waals surface area contributed by atoms with Crippen LogP contribution in [0.3, 0.4) is 0 Å². The van der Waals surface area contributed by atoms with Gasteiger partial charge in [0, 0.05) is 16.8 Å². The zero-order valence-corrected chi connectivity index (χ0v) is 13.4. The highest BCUT2D eigenvalue weighted by Gasteiger charge is 2.16. The predicted molar refractivity (Wildman–Crippen MR) is 88.6 cm³/mol. The zero-order chi connectivity index (χ0) is 15.9. The number of hydrogen-bond acceptors (Lipinski definition) is 1. The summed E-state index contributed by atoms with van der Waals surface area (Å²) in [4.78, 5) is 0. The Kier molecular flexibility index (Phi) is 3.65. The van der Waals surface area contributed by atoms with E-state index in [0.717, 1.165) is 22.3 Å². The Bertz CT molecular complexity index is 833. The molecule has 2 aromatic carbocycles. The molecule has 0 aliphatic carbocycles. The van der Waals surface area contributed by atoms with Gasteiger partial charge in [-0.3, -0.25) is 0 Å². The summed E-state index contributed by atoms with van der Waals surface area (Å²) in [6.07, 6.45) is 0. The molecule has 2 nitrogen and oxygen atoms in total. The summed E-state index contributed by atoms with van der Waals surface area (Å²) in [5.74, 6) is 1.03. The summed E-state index contributed by atoms with van der Waals surface area (Å²) in [5, 5.41) is 1.08. The summed E-state index contributed by atoms with van der Waals surface area (Å²) in [6.45, 7) is 6.11. The van der Waals surface area contributed by atoms with Gasteiger partial charge in [0.05, 0.1) is 12.6 Å². The van der Waals surface area contributed by atoms with E-state index in [1.165, 1.54) is 11.8 Å². The Morgan fingerprint density at radius 2 is 1.86 bits per heavy atom. The summed E-state index contributed by atoms with van der Waals surface area (Å²) in [6, 6.07) is 13.4. The Hall–Kier alpha value is -2.29.